The van der Waals surface area contributed by atoms with Gasteiger partial charge in [0.1, 0.15) is 17.2 Å². The zero-order valence-corrected chi connectivity index (χ0v) is 15.7. The van der Waals surface area contributed by atoms with Crippen LogP contribution in [0.25, 0.3) is 0 Å². The van der Waals surface area contributed by atoms with E-state index in [9.17, 15) is 0 Å². The molecule has 0 N–H and O–H groups in total. The van der Waals surface area contributed by atoms with Crippen LogP contribution in [0, 0.1) is 0 Å². The van der Waals surface area contributed by atoms with E-state index in [1.165, 1.54) is 11.1 Å². The Morgan fingerprint density at radius 1 is 0.783 bits per heavy atom. The molecule has 23 heavy (non-hydrogen) atoms. The highest BCUT2D eigenvalue weighted by Crippen LogP contribution is 2.36. The van der Waals surface area contributed by atoms with Gasteiger partial charge < -0.3 is 4.74 Å². The summed E-state index contributed by atoms with van der Waals surface area (Å²) in [6.45, 7) is 9.22. The molecule has 0 aliphatic rings. The summed E-state index contributed by atoms with van der Waals surface area (Å²) in [5.74, 6) is 1.81. The fraction of sp³-hybridized carbons (Fsp3) is 0.400. The van der Waals surface area contributed by atoms with Gasteiger partial charge >= 0.3 is 0 Å². The molecule has 2 rings (SSSR count). The topological polar surface area (TPSA) is 9.23 Å². The van der Waals surface area contributed by atoms with Gasteiger partial charge in [0.15, 0.2) is 0 Å². The zero-order valence-electron chi connectivity index (χ0n) is 14.1. The van der Waals surface area contributed by atoms with Crippen molar-refractivity contribution in [1.82, 2.24) is 0 Å². The summed E-state index contributed by atoms with van der Waals surface area (Å²) >= 11 is 12.1. The molecule has 0 radical (unpaired) electrons. The van der Waals surface area contributed by atoms with Gasteiger partial charge in [-0.2, -0.15) is 0 Å². The smallest absolute Gasteiger partial charge is 0.133 e. The molecule has 0 amide bonds. The first-order valence-corrected chi connectivity index (χ1v) is 8.90. The summed E-state index contributed by atoms with van der Waals surface area (Å²) < 4.78 is 6.25. The summed E-state index contributed by atoms with van der Waals surface area (Å²) in [6.07, 6.45) is 0. The van der Waals surface area contributed by atoms with Crippen LogP contribution >= 0.6 is 23.2 Å². The number of rotatable bonds is 6. The van der Waals surface area contributed by atoms with Crippen LogP contribution in [0.2, 0.25) is 0 Å². The fourth-order valence-electron chi connectivity index (χ4n) is 2.68. The molecule has 0 unspecified atom stereocenters. The molecule has 0 aliphatic heterocycles. The molecule has 0 saturated carbocycles. The number of hydrogen-bond acceptors (Lipinski definition) is 1. The van der Waals surface area contributed by atoms with Crippen molar-refractivity contribution in [2.75, 3.05) is 0 Å². The van der Waals surface area contributed by atoms with Crippen LogP contribution < -0.4 is 4.74 Å². The van der Waals surface area contributed by atoms with Crippen LogP contribution in [0.15, 0.2) is 42.5 Å². The Labute approximate surface area is 149 Å². The highest BCUT2D eigenvalue weighted by atomic mass is 35.5. The van der Waals surface area contributed by atoms with Gasteiger partial charge in [-0.05, 0) is 34.1 Å². The first kappa shape index (κ1) is 18.2. The van der Waals surface area contributed by atoms with E-state index in [4.69, 9.17) is 27.9 Å². The molecule has 0 aliphatic carbocycles. The third kappa shape index (κ3) is 4.43. The van der Waals surface area contributed by atoms with Crippen molar-refractivity contribution in [1.29, 1.82) is 0 Å². The minimum atomic E-state index is -0.542. The predicted molar refractivity (Wildman–Crippen MR) is 99.8 cm³/mol. The lowest BCUT2D eigenvalue weighted by Gasteiger charge is -2.21. The second-order valence-corrected chi connectivity index (χ2v) is 7.46. The lowest BCUT2D eigenvalue weighted by atomic mass is 9.94. The van der Waals surface area contributed by atoms with Crippen LogP contribution in [0.5, 0.6) is 5.75 Å². The fourth-order valence-corrected chi connectivity index (χ4v) is 3.10. The van der Waals surface area contributed by atoms with Crippen LogP contribution in [0.4, 0.5) is 0 Å². The second-order valence-electron chi connectivity index (χ2n) is 6.36. The predicted octanol–water partition coefficient (Wildman–Crippen LogP) is 6.99. The number of ether oxygens (including phenoxy) is 1. The van der Waals surface area contributed by atoms with E-state index < -0.39 is 4.84 Å². The Balaban J connectivity index is 2.34. The van der Waals surface area contributed by atoms with Crippen molar-refractivity contribution in [2.45, 2.75) is 51.0 Å². The normalized spacial score (nSPS) is 11.5. The SMILES string of the molecule is CC(C)c1cccc(C(C)C)c1OCc1ccccc1C(Cl)Cl. The second kappa shape index (κ2) is 8.08. The van der Waals surface area contributed by atoms with Crippen molar-refractivity contribution in [2.24, 2.45) is 0 Å². The van der Waals surface area contributed by atoms with Crippen molar-refractivity contribution in [3.05, 3.63) is 64.7 Å². The van der Waals surface area contributed by atoms with Gasteiger partial charge in [-0.15, -0.1) is 23.2 Å². The minimum Gasteiger partial charge on any atom is -0.488 e. The molecular weight excluding hydrogens is 327 g/mol. The molecule has 0 saturated heterocycles. The Kier molecular flexibility index (Phi) is 6.38. The summed E-state index contributed by atoms with van der Waals surface area (Å²) in [6, 6.07) is 14.3. The van der Waals surface area contributed by atoms with Gasteiger partial charge in [-0.25, -0.2) is 0 Å². The van der Waals surface area contributed by atoms with Crippen molar-refractivity contribution in [3.8, 4) is 5.75 Å². The maximum atomic E-state index is 6.25. The van der Waals surface area contributed by atoms with E-state index in [1.54, 1.807) is 0 Å². The molecule has 1 nitrogen and oxygen atoms in total. The molecule has 0 atom stereocenters. The summed E-state index contributed by atoms with van der Waals surface area (Å²) in [7, 11) is 0. The van der Waals surface area contributed by atoms with Crippen molar-refractivity contribution >= 4 is 23.2 Å². The average molecular weight is 351 g/mol. The van der Waals surface area contributed by atoms with Crippen LogP contribution in [-0.2, 0) is 6.61 Å². The molecule has 2 aromatic carbocycles. The first-order chi connectivity index (χ1) is 10.9. The monoisotopic (exact) mass is 350 g/mol. The summed E-state index contributed by atoms with van der Waals surface area (Å²) in [5, 5.41) is 0. The maximum Gasteiger partial charge on any atom is 0.133 e. The standard InChI is InChI=1S/C20H24Cl2O/c1-13(2)16-10-7-11-17(14(3)4)19(16)23-12-15-8-5-6-9-18(15)20(21)22/h5-11,13-14,20H,12H2,1-4H3. The third-order valence-corrected chi connectivity index (χ3v) is 4.45. The molecule has 124 valence electrons. The molecular formula is C20H24Cl2O. The Hall–Kier alpha value is -1.18. The Bertz CT molecular complexity index is 622. The number of para-hydroxylation sites is 1. The van der Waals surface area contributed by atoms with Crippen LogP contribution in [0.3, 0.4) is 0 Å². The van der Waals surface area contributed by atoms with E-state index in [-0.39, 0.29) is 0 Å². The minimum absolute atomic E-state index is 0.410. The maximum absolute atomic E-state index is 6.25. The third-order valence-electron chi connectivity index (χ3n) is 3.98. The Morgan fingerprint density at radius 3 is 1.83 bits per heavy atom. The van der Waals surface area contributed by atoms with Gasteiger partial charge in [0.05, 0.1) is 0 Å². The molecule has 0 fully saturated rings. The van der Waals surface area contributed by atoms with Gasteiger partial charge in [0.2, 0.25) is 0 Å². The van der Waals surface area contributed by atoms with Gasteiger partial charge in [0.25, 0.3) is 0 Å². The highest BCUT2D eigenvalue weighted by molar-refractivity contribution is 6.44. The summed E-state index contributed by atoms with van der Waals surface area (Å²) in [5.41, 5.74) is 4.41. The van der Waals surface area contributed by atoms with Gasteiger partial charge in [-0.1, -0.05) is 70.2 Å². The van der Waals surface area contributed by atoms with E-state index in [0.29, 0.717) is 18.4 Å². The molecule has 0 spiro atoms. The largest absolute Gasteiger partial charge is 0.488 e. The van der Waals surface area contributed by atoms with E-state index in [2.05, 4.69) is 45.9 Å². The lowest BCUT2D eigenvalue weighted by Crippen LogP contribution is -2.06. The molecule has 0 heterocycles. The highest BCUT2D eigenvalue weighted by Gasteiger charge is 2.16. The van der Waals surface area contributed by atoms with Crippen LogP contribution in [-0.4, -0.2) is 0 Å². The van der Waals surface area contributed by atoms with Crippen molar-refractivity contribution < 1.29 is 4.74 Å². The van der Waals surface area contributed by atoms with Crippen LogP contribution in [0.1, 0.15) is 66.6 Å². The number of benzene rings is 2. The number of alkyl halides is 2. The van der Waals surface area contributed by atoms with E-state index >= 15 is 0 Å². The average Bonchev–Trinajstić information content (AvgIpc) is 2.52. The molecule has 0 bridgehead atoms. The van der Waals surface area contributed by atoms with Crippen molar-refractivity contribution in [3.63, 3.8) is 0 Å². The summed E-state index contributed by atoms with van der Waals surface area (Å²) in [4.78, 5) is -0.542. The quantitative estimate of drug-likeness (QED) is 0.510. The Morgan fingerprint density at radius 2 is 1.30 bits per heavy atom. The van der Waals surface area contributed by atoms with Gasteiger partial charge in [-0.3, -0.25) is 0 Å². The molecule has 2 aromatic rings. The molecule has 0 aromatic heterocycles. The first-order valence-electron chi connectivity index (χ1n) is 8.03. The lowest BCUT2D eigenvalue weighted by molar-refractivity contribution is 0.296. The molecule has 3 heteroatoms. The van der Waals surface area contributed by atoms with E-state index in [1.807, 2.05) is 24.3 Å². The zero-order chi connectivity index (χ0) is 17.0. The number of halogens is 2. The van der Waals surface area contributed by atoms with Gasteiger partial charge in [0, 0.05) is 0 Å². The number of hydrogen-bond donors (Lipinski definition) is 0. The van der Waals surface area contributed by atoms with E-state index in [0.717, 1.165) is 16.9 Å².